The van der Waals surface area contributed by atoms with Crippen LogP contribution in [0.15, 0.2) is 18.2 Å². The maximum absolute atomic E-state index is 5.86. The van der Waals surface area contributed by atoms with Crippen molar-refractivity contribution < 1.29 is 4.74 Å². The summed E-state index contributed by atoms with van der Waals surface area (Å²) >= 11 is 0. The minimum Gasteiger partial charge on any atom is -0.493 e. The molecule has 2 aliphatic rings. The molecule has 1 heterocycles. The van der Waals surface area contributed by atoms with Crippen LogP contribution in [0.1, 0.15) is 37.2 Å². The first-order valence-electron chi connectivity index (χ1n) is 6.58. The Labute approximate surface area is 102 Å². The molecule has 0 bridgehead atoms. The van der Waals surface area contributed by atoms with Gasteiger partial charge in [-0.1, -0.05) is 6.42 Å². The molecule has 1 atom stereocenters. The van der Waals surface area contributed by atoms with Gasteiger partial charge in [-0.05, 0) is 37.5 Å². The number of rotatable bonds is 3. The molecule has 1 aromatic rings. The first-order valence-corrected chi connectivity index (χ1v) is 6.58. The number of fused-ring (bicyclic) bond motifs is 1. The maximum atomic E-state index is 5.86. The molecule has 1 unspecified atom stereocenters. The zero-order valence-corrected chi connectivity index (χ0v) is 10.1. The normalized spacial score (nSPS) is 23.6. The highest BCUT2D eigenvalue weighted by molar-refractivity contribution is 5.50. The number of anilines is 1. The molecule has 3 heteroatoms. The Bertz CT molecular complexity index is 401. The predicted octanol–water partition coefficient (Wildman–Crippen LogP) is 2.28. The molecule has 17 heavy (non-hydrogen) atoms. The Morgan fingerprint density at radius 2 is 2.18 bits per heavy atom. The molecule has 3 nitrogen and oxygen atoms in total. The third-order valence-corrected chi connectivity index (χ3v) is 3.96. The van der Waals surface area contributed by atoms with Crippen LogP contribution >= 0.6 is 0 Å². The molecule has 0 amide bonds. The number of ether oxygens (including phenoxy) is 1. The van der Waals surface area contributed by atoms with E-state index in [0.717, 1.165) is 37.1 Å². The van der Waals surface area contributed by atoms with Gasteiger partial charge in [-0.3, -0.25) is 0 Å². The van der Waals surface area contributed by atoms with Crippen molar-refractivity contribution in [3.8, 4) is 5.75 Å². The highest BCUT2D eigenvalue weighted by atomic mass is 16.5. The summed E-state index contributed by atoms with van der Waals surface area (Å²) in [4.78, 5) is 0. The standard InChI is InChI=1S/C14H20N2O/c15-11-4-5-14-13(8-11)10(6-7-17-14)9-16-12-2-1-3-12/h4-5,8,10,12,16H,1-3,6-7,9,15H2. The SMILES string of the molecule is Nc1ccc2c(c1)C(CNC1CCC1)CCO2. The van der Waals surface area contributed by atoms with E-state index in [-0.39, 0.29) is 0 Å². The first kappa shape index (κ1) is 10.9. The summed E-state index contributed by atoms with van der Waals surface area (Å²) in [5.41, 5.74) is 7.98. The first-order chi connectivity index (χ1) is 8.33. The zero-order chi connectivity index (χ0) is 11.7. The van der Waals surface area contributed by atoms with Crippen molar-refractivity contribution in [2.45, 2.75) is 37.6 Å². The van der Waals surface area contributed by atoms with E-state index in [1.54, 1.807) is 0 Å². The summed E-state index contributed by atoms with van der Waals surface area (Å²) in [6.07, 6.45) is 5.16. The molecule has 3 N–H and O–H groups in total. The van der Waals surface area contributed by atoms with Crippen molar-refractivity contribution in [3.05, 3.63) is 23.8 Å². The minimum absolute atomic E-state index is 0.558. The second kappa shape index (κ2) is 4.57. The number of nitrogens with two attached hydrogens (primary N) is 1. The van der Waals surface area contributed by atoms with Gasteiger partial charge in [-0.2, -0.15) is 0 Å². The van der Waals surface area contributed by atoms with E-state index in [9.17, 15) is 0 Å². The lowest BCUT2D eigenvalue weighted by Crippen LogP contribution is -2.38. The van der Waals surface area contributed by atoms with Crippen LogP contribution in [0.4, 0.5) is 5.69 Å². The topological polar surface area (TPSA) is 47.3 Å². The van der Waals surface area contributed by atoms with Gasteiger partial charge in [0.2, 0.25) is 0 Å². The number of hydrogen-bond acceptors (Lipinski definition) is 3. The van der Waals surface area contributed by atoms with E-state index < -0.39 is 0 Å². The van der Waals surface area contributed by atoms with Crippen LogP contribution < -0.4 is 15.8 Å². The summed E-state index contributed by atoms with van der Waals surface area (Å²) < 4.78 is 5.67. The van der Waals surface area contributed by atoms with Crippen molar-refractivity contribution in [1.82, 2.24) is 5.32 Å². The molecular weight excluding hydrogens is 212 g/mol. The summed E-state index contributed by atoms with van der Waals surface area (Å²) in [6, 6.07) is 6.74. The lowest BCUT2D eigenvalue weighted by Gasteiger charge is -2.31. The van der Waals surface area contributed by atoms with Gasteiger partial charge in [0.25, 0.3) is 0 Å². The van der Waals surface area contributed by atoms with Crippen LogP contribution in [-0.2, 0) is 0 Å². The van der Waals surface area contributed by atoms with E-state index in [4.69, 9.17) is 10.5 Å². The fourth-order valence-corrected chi connectivity index (χ4v) is 2.62. The molecule has 0 spiro atoms. The maximum Gasteiger partial charge on any atom is 0.122 e. The lowest BCUT2D eigenvalue weighted by atomic mass is 9.89. The van der Waals surface area contributed by atoms with E-state index in [2.05, 4.69) is 11.4 Å². The Morgan fingerprint density at radius 3 is 2.94 bits per heavy atom. The van der Waals surface area contributed by atoms with Gasteiger partial charge >= 0.3 is 0 Å². The summed E-state index contributed by atoms with van der Waals surface area (Å²) in [7, 11) is 0. The van der Waals surface area contributed by atoms with E-state index in [1.807, 2.05) is 12.1 Å². The van der Waals surface area contributed by atoms with Crippen LogP contribution in [0.25, 0.3) is 0 Å². The molecule has 1 aromatic carbocycles. The smallest absolute Gasteiger partial charge is 0.122 e. The van der Waals surface area contributed by atoms with E-state index in [1.165, 1.54) is 24.8 Å². The number of hydrogen-bond donors (Lipinski definition) is 2. The van der Waals surface area contributed by atoms with Crippen LogP contribution in [0.5, 0.6) is 5.75 Å². The monoisotopic (exact) mass is 232 g/mol. The van der Waals surface area contributed by atoms with Gasteiger partial charge in [-0.25, -0.2) is 0 Å². The molecule has 0 radical (unpaired) electrons. The minimum atomic E-state index is 0.558. The fraction of sp³-hybridized carbons (Fsp3) is 0.571. The number of benzene rings is 1. The Balaban J connectivity index is 1.71. The molecule has 0 aromatic heterocycles. The zero-order valence-electron chi connectivity index (χ0n) is 10.1. The summed E-state index contributed by atoms with van der Waals surface area (Å²) in [6.45, 7) is 1.89. The Hall–Kier alpha value is -1.22. The van der Waals surface area contributed by atoms with Crippen LogP contribution in [0.3, 0.4) is 0 Å². The summed E-state index contributed by atoms with van der Waals surface area (Å²) in [5.74, 6) is 1.58. The third-order valence-electron chi connectivity index (χ3n) is 3.96. The van der Waals surface area contributed by atoms with Gasteiger partial charge < -0.3 is 15.8 Å². The predicted molar refractivity (Wildman–Crippen MR) is 69.3 cm³/mol. The van der Waals surface area contributed by atoms with E-state index >= 15 is 0 Å². The highest BCUT2D eigenvalue weighted by Gasteiger charge is 2.24. The quantitative estimate of drug-likeness (QED) is 0.786. The van der Waals surface area contributed by atoms with Crippen molar-refractivity contribution in [3.63, 3.8) is 0 Å². The molecule has 1 saturated carbocycles. The third kappa shape index (κ3) is 2.25. The van der Waals surface area contributed by atoms with Gasteiger partial charge in [0.15, 0.2) is 0 Å². The molecule has 1 fully saturated rings. The van der Waals surface area contributed by atoms with Crippen molar-refractivity contribution >= 4 is 5.69 Å². The van der Waals surface area contributed by atoms with Gasteiger partial charge in [0.05, 0.1) is 6.61 Å². The number of nitrogen functional groups attached to an aromatic ring is 1. The van der Waals surface area contributed by atoms with Crippen molar-refractivity contribution in [2.75, 3.05) is 18.9 Å². The highest BCUT2D eigenvalue weighted by Crippen LogP contribution is 2.35. The van der Waals surface area contributed by atoms with Crippen LogP contribution in [0, 0.1) is 0 Å². The molecule has 92 valence electrons. The lowest BCUT2D eigenvalue weighted by molar-refractivity contribution is 0.254. The second-order valence-electron chi connectivity index (χ2n) is 5.17. The average molecular weight is 232 g/mol. The Kier molecular flexibility index (Phi) is 2.93. The van der Waals surface area contributed by atoms with Crippen molar-refractivity contribution in [2.24, 2.45) is 0 Å². The number of nitrogens with one attached hydrogen (secondary N) is 1. The van der Waals surface area contributed by atoms with Gasteiger partial charge in [-0.15, -0.1) is 0 Å². The molecule has 1 aliphatic carbocycles. The molecule has 1 aliphatic heterocycles. The average Bonchev–Trinajstić information content (AvgIpc) is 2.27. The molecule has 0 saturated heterocycles. The second-order valence-corrected chi connectivity index (χ2v) is 5.17. The van der Waals surface area contributed by atoms with Gasteiger partial charge in [0, 0.05) is 29.8 Å². The van der Waals surface area contributed by atoms with E-state index in [0.29, 0.717) is 5.92 Å². The Morgan fingerprint density at radius 1 is 1.29 bits per heavy atom. The van der Waals surface area contributed by atoms with Gasteiger partial charge in [0.1, 0.15) is 5.75 Å². The molecule has 3 rings (SSSR count). The van der Waals surface area contributed by atoms with Crippen LogP contribution in [-0.4, -0.2) is 19.2 Å². The summed E-state index contributed by atoms with van der Waals surface area (Å²) in [5, 5.41) is 3.65. The largest absolute Gasteiger partial charge is 0.493 e. The van der Waals surface area contributed by atoms with Crippen LogP contribution in [0.2, 0.25) is 0 Å². The molecular formula is C14H20N2O. The fourth-order valence-electron chi connectivity index (χ4n) is 2.62. The van der Waals surface area contributed by atoms with Crippen molar-refractivity contribution in [1.29, 1.82) is 0 Å².